The van der Waals surface area contributed by atoms with Crippen molar-refractivity contribution in [1.82, 2.24) is 4.90 Å². The summed E-state index contributed by atoms with van der Waals surface area (Å²) in [5.41, 5.74) is 1.29. The summed E-state index contributed by atoms with van der Waals surface area (Å²) in [7, 11) is 2.15. The molecule has 1 fully saturated rings. The average Bonchev–Trinajstić information content (AvgIpc) is 2.42. The second-order valence-electron chi connectivity index (χ2n) is 5.26. The number of carbonyl (C=O) groups is 1. The second kappa shape index (κ2) is 6.71. The fraction of sp³-hybridized carbons (Fsp3) is 0.562. The van der Waals surface area contributed by atoms with Gasteiger partial charge in [0.2, 0.25) is 0 Å². The number of ether oxygens (including phenoxy) is 1. The van der Waals surface area contributed by atoms with Crippen LogP contribution in [0.1, 0.15) is 38.2 Å². The molecule has 0 N–H and O–H groups in total. The zero-order chi connectivity index (χ0) is 13.7. The molecule has 0 aromatic heterocycles. The molecule has 1 saturated carbocycles. The van der Waals surface area contributed by atoms with Gasteiger partial charge in [-0.1, -0.05) is 12.1 Å². The van der Waals surface area contributed by atoms with Crippen molar-refractivity contribution >= 4 is 5.78 Å². The summed E-state index contributed by atoms with van der Waals surface area (Å²) >= 11 is 0. The Morgan fingerprint density at radius 1 is 1.21 bits per heavy atom. The number of hydrogen-bond donors (Lipinski definition) is 0. The minimum atomic E-state index is 0.422. The smallest absolute Gasteiger partial charge is 0.133 e. The number of Topliss-reactive ketones (excluding diaryl/α,β-unsaturated/α-hetero) is 1. The number of nitrogens with zero attached hydrogens (tertiary/aromatic N) is 1. The summed E-state index contributed by atoms with van der Waals surface area (Å²) in [6.45, 7) is 3.63. The molecule has 0 saturated heterocycles. The van der Waals surface area contributed by atoms with Crippen molar-refractivity contribution in [2.45, 2.75) is 45.2 Å². The Morgan fingerprint density at radius 2 is 1.84 bits per heavy atom. The topological polar surface area (TPSA) is 29.5 Å². The highest BCUT2D eigenvalue weighted by molar-refractivity contribution is 5.79. The predicted molar refractivity (Wildman–Crippen MR) is 76.3 cm³/mol. The molecule has 1 aromatic rings. The maximum atomic E-state index is 11.3. The first-order valence-electron chi connectivity index (χ1n) is 7.12. The van der Waals surface area contributed by atoms with Gasteiger partial charge in [-0.15, -0.1) is 0 Å². The van der Waals surface area contributed by atoms with Crippen molar-refractivity contribution in [2.24, 2.45) is 0 Å². The minimum Gasteiger partial charge on any atom is -0.494 e. The number of ketones is 1. The van der Waals surface area contributed by atoms with E-state index >= 15 is 0 Å². The van der Waals surface area contributed by atoms with Gasteiger partial charge in [0.1, 0.15) is 11.5 Å². The Morgan fingerprint density at radius 3 is 2.42 bits per heavy atom. The van der Waals surface area contributed by atoms with Crippen molar-refractivity contribution in [3.8, 4) is 5.75 Å². The van der Waals surface area contributed by atoms with Gasteiger partial charge in [-0.3, -0.25) is 9.69 Å². The van der Waals surface area contributed by atoms with E-state index in [1.165, 1.54) is 5.56 Å². The van der Waals surface area contributed by atoms with Gasteiger partial charge in [-0.25, -0.2) is 0 Å². The molecule has 104 valence electrons. The maximum Gasteiger partial charge on any atom is 0.133 e. The molecule has 0 amide bonds. The maximum absolute atomic E-state index is 11.3. The fourth-order valence-electron chi connectivity index (χ4n) is 2.64. The molecule has 0 radical (unpaired) electrons. The van der Waals surface area contributed by atoms with E-state index in [2.05, 4.69) is 24.1 Å². The molecular formula is C16H23NO2. The Hall–Kier alpha value is -1.35. The van der Waals surface area contributed by atoms with Gasteiger partial charge < -0.3 is 4.74 Å². The van der Waals surface area contributed by atoms with Crippen molar-refractivity contribution in [2.75, 3.05) is 13.7 Å². The first kappa shape index (κ1) is 14.1. The number of rotatable bonds is 5. The molecule has 19 heavy (non-hydrogen) atoms. The van der Waals surface area contributed by atoms with Crippen molar-refractivity contribution < 1.29 is 9.53 Å². The zero-order valence-corrected chi connectivity index (χ0v) is 11.9. The molecule has 0 unspecified atom stereocenters. The quantitative estimate of drug-likeness (QED) is 0.816. The largest absolute Gasteiger partial charge is 0.494 e. The van der Waals surface area contributed by atoms with Crippen LogP contribution in [0.15, 0.2) is 24.3 Å². The van der Waals surface area contributed by atoms with Crippen LogP contribution in [0.3, 0.4) is 0 Å². The van der Waals surface area contributed by atoms with E-state index in [1.54, 1.807) is 0 Å². The molecule has 1 aliphatic carbocycles. The Bertz CT molecular complexity index is 403. The lowest BCUT2D eigenvalue weighted by Gasteiger charge is -2.30. The third-order valence-electron chi connectivity index (χ3n) is 3.80. The monoisotopic (exact) mass is 261 g/mol. The number of carbonyl (C=O) groups excluding carboxylic acids is 1. The third-order valence-corrected chi connectivity index (χ3v) is 3.80. The van der Waals surface area contributed by atoms with Crippen LogP contribution in [0.25, 0.3) is 0 Å². The lowest BCUT2D eigenvalue weighted by atomic mass is 9.93. The normalized spacial score (nSPS) is 16.9. The van der Waals surface area contributed by atoms with E-state index in [1.807, 2.05) is 19.1 Å². The summed E-state index contributed by atoms with van der Waals surface area (Å²) < 4.78 is 5.44. The molecule has 0 bridgehead atoms. The highest BCUT2D eigenvalue weighted by Gasteiger charge is 2.21. The van der Waals surface area contributed by atoms with Crippen LogP contribution in [-0.4, -0.2) is 30.4 Å². The van der Waals surface area contributed by atoms with Gasteiger partial charge in [0.25, 0.3) is 0 Å². The van der Waals surface area contributed by atoms with Gasteiger partial charge in [-0.2, -0.15) is 0 Å². The summed E-state index contributed by atoms with van der Waals surface area (Å²) in [4.78, 5) is 13.6. The lowest BCUT2D eigenvalue weighted by Crippen LogP contribution is -2.34. The third kappa shape index (κ3) is 4.06. The van der Waals surface area contributed by atoms with Crippen molar-refractivity contribution in [3.05, 3.63) is 29.8 Å². The van der Waals surface area contributed by atoms with E-state index < -0.39 is 0 Å². The first-order valence-corrected chi connectivity index (χ1v) is 7.12. The van der Waals surface area contributed by atoms with Gasteiger partial charge in [0.05, 0.1) is 6.61 Å². The molecule has 0 aliphatic heterocycles. The first-order chi connectivity index (χ1) is 9.19. The van der Waals surface area contributed by atoms with Crippen LogP contribution in [0, 0.1) is 0 Å². The second-order valence-corrected chi connectivity index (χ2v) is 5.26. The number of benzene rings is 1. The van der Waals surface area contributed by atoms with Gasteiger partial charge >= 0.3 is 0 Å². The summed E-state index contributed by atoms with van der Waals surface area (Å²) in [5.74, 6) is 1.35. The van der Waals surface area contributed by atoms with Gasteiger partial charge in [-0.05, 0) is 44.5 Å². The zero-order valence-electron chi connectivity index (χ0n) is 11.9. The number of hydrogen-bond acceptors (Lipinski definition) is 3. The Kier molecular flexibility index (Phi) is 4.97. The molecular weight excluding hydrogens is 238 g/mol. The molecule has 3 heteroatoms. The van der Waals surface area contributed by atoms with E-state index in [9.17, 15) is 4.79 Å². The van der Waals surface area contributed by atoms with Crippen molar-refractivity contribution in [1.29, 1.82) is 0 Å². The highest BCUT2D eigenvalue weighted by atomic mass is 16.5. The standard InChI is InChI=1S/C16H23NO2/c1-3-19-16-10-4-13(5-11-16)12-17(2)14-6-8-15(18)9-7-14/h4-5,10-11,14H,3,6-9,12H2,1-2H3. The van der Waals surface area contributed by atoms with Crippen LogP contribution in [-0.2, 0) is 11.3 Å². The Balaban J connectivity index is 1.87. The van der Waals surface area contributed by atoms with E-state index in [0.29, 0.717) is 18.4 Å². The molecule has 3 nitrogen and oxygen atoms in total. The SMILES string of the molecule is CCOc1ccc(CN(C)C2CCC(=O)CC2)cc1. The fourth-order valence-corrected chi connectivity index (χ4v) is 2.64. The van der Waals surface area contributed by atoms with Crippen LogP contribution in [0.5, 0.6) is 5.75 Å². The summed E-state index contributed by atoms with van der Waals surface area (Å²) in [5, 5.41) is 0. The summed E-state index contributed by atoms with van der Waals surface area (Å²) in [6, 6.07) is 8.84. The predicted octanol–water partition coefficient (Wildman–Crippen LogP) is 3.03. The van der Waals surface area contributed by atoms with Crippen LogP contribution in [0.2, 0.25) is 0 Å². The molecule has 0 heterocycles. The molecule has 0 atom stereocenters. The van der Waals surface area contributed by atoms with Gasteiger partial charge in [0, 0.05) is 25.4 Å². The molecule has 1 aliphatic rings. The lowest BCUT2D eigenvalue weighted by molar-refractivity contribution is -0.121. The summed E-state index contributed by atoms with van der Waals surface area (Å²) in [6.07, 6.45) is 3.51. The Labute approximate surface area is 115 Å². The van der Waals surface area contributed by atoms with Gasteiger partial charge in [0.15, 0.2) is 0 Å². The van der Waals surface area contributed by atoms with Crippen LogP contribution in [0.4, 0.5) is 0 Å². The molecule has 0 spiro atoms. The van der Waals surface area contributed by atoms with E-state index in [4.69, 9.17) is 4.74 Å². The minimum absolute atomic E-state index is 0.422. The average molecular weight is 261 g/mol. The molecule has 1 aromatic carbocycles. The molecule has 2 rings (SSSR count). The highest BCUT2D eigenvalue weighted by Crippen LogP contribution is 2.21. The van der Waals surface area contributed by atoms with Crippen LogP contribution >= 0.6 is 0 Å². The van der Waals surface area contributed by atoms with Crippen molar-refractivity contribution in [3.63, 3.8) is 0 Å². The van der Waals surface area contributed by atoms with Crippen LogP contribution < -0.4 is 4.74 Å². The van der Waals surface area contributed by atoms with E-state index in [-0.39, 0.29) is 0 Å². The van der Waals surface area contributed by atoms with E-state index in [0.717, 1.165) is 38.0 Å².